The zero-order valence-corrected chi connectivity index (χ0v) is 10.1. The van der Waals surface area contributed by atoms with E-state index in [1.807, 2.05) is 29.8 Å². The number of para-hydroxylation sites is 1. The highest BCUT2D eigenvalue weighted by molar-refractivity contribution is 9.09. The number of fused-ring (bicyclic) bond motifs is 1. The quantitative estimate of drug-likeness (QED) is 0.618. The number of aryl methyl sites for hydroxylation is 2. The monoisotopic (exact) mass is 265 g/mol. The van der Waals surface area contributed by atoms with Crippen molar-refractivity contribution in [1.29, 1.82) is 0 Å². The summed E-state index contributed by atoms with van der Waals surface area (Å²) in [6.07, 6.45) is 1.83. The van der Waals surface area contributed by atoms with Crippen molar-refractivity contribution in [2.24, 2.45) is 7.05 Å². The molecule has 1 aromatic carbocycles. The van der Waals surface area contributed by atoms with Crippen LogP contribution in [-0.4, -0.2) is 16.2 Å². The Bertz CT molecular complexity index is 502. The summed E-state index contributed by atoms with van der Waals surface area (Å²) < 4.78 is 1.96. The fraction of sp³-hybridized carbons (Fsp3) is 0.250. The van der Waals surface area contributed by atoms with Gasteiger partial charge in [-0.3, -0.25) is 4.79 Å². The number of aromatic nitrogens is 1. The number of carbonyl (C=O) groups excluding carboxylic acids is 1. The Balaban J connectivity index is 2.78. The van der Waals surface area contributed by atoms with E-state index in [1.165, 1.54) is 5.39 Å². The minimum absolute atomic E-state index is 0.788. The fourth-order valence-electron chi connectivity index (χ4n) is 2.00. The molecule has 0 atom stereocenters. The third-order valence-electron chi connectivity index (χ3n) is 2.72. The fourth-order valence-corrected chi connectivity index (χ4v) is 2.40. The van der Waals surface area contributed by atoms with Gasteiger partial charge in [-0.1, -0.05) is 34.1 Å². The van der Waals surface area contributed by atoms with E-state index in [0.29, 0.717) is 0 Å². The van der Waals surface area contributed by atoms with Crippen LogP contribution in [0.2, 0.25) is 0 Å². The van der Waals surface area contributed by atoms with E-state index in [-0.39, 0.29) is 0 Å². The van der Waals surface area contributed by atoms with Gasteiger partial charge < -0.3 is 4.57 Å². The summed E-state index contributed by atoms with van der Waals surface area (Å²) in [4.78, 5) is 11.1. The van der Waals surface area contributed by atoms with E-state index < -0.39 is 0 Å². The Kier molecular flexibility index (Phi) is 2.91. The molecule has 0 aliphatic rings. The van der Waals surface area contributed by atoms with Crippen LogP contribution in [0.1, 0.15) is 16.1 Å². The van der Waals surface area contributed by atoms with Crippen molar-refractivity contribution < 1.29 is 4.79 Å². The maximum atomic E-state index is 11.1. The molecule has 1 heterocycles. The molecule has 0 saturated carbocycles. The molecule has 2 aromatic rings. The summed E-state index contributed by atoms with van der Waals surface area (Å²) in [7, 11) is 1.93. The highest BCUT2D eigenvalue weighted by Gasteiger charge is 2.12. The third kappa shape index (κ3) is 1.61. The Morgan fingerprint density at radius 2 is 2.13 bits per heavy atom. The van der Waals surface area contributed by atoms with Crippen LogP contribution in [0.25, 0.3) is 10.9 Å². The Morgan fingerprint density at radius 3 is 2.80 bits per heavy atom. The number of carbonyl (C=O) groups is 1. The van der Waals surface area contributed by atoms with E-state index >= 15 is 0 Å². The Morgan fingerprint density at radius 1 is 1.40 bits per heavy atom. The molecular weight excluding hydrogens is 254 g/mol. The molecule has 1 aromatic heterocycles. The van der Waals surface area contributed by atoms with Gasteiger partial charge in [0.05, 0.1) is 5.69 Å². The van der Waals surface area contributed by atoms with Gasteiger partial charge in [0.1, 0.15) is 0 Å². The third-order valence-corrected chi connectivity index (χ3v) is 3.11. The second kappa shape index (κ2) is 4.19. The zero-order valence-electron chi connectivity index (χ0n) is 8.53. The first-order chi connectivity index (χ1) is 7.29. The molecule has 0 saturated heterocycles. The smallest absolute Gasteiger partial charge is 0.166 e. The van der Waals surface area contributed by atoms with Crippen molar-refractivity contribution in [3.05, 3.63) is 35.5 Å². The van der Waals surface area contributed by atoms with Gasteiger partial charge in [-0.25, -0.2) is 0 Å². The molecule has 0 N–H and O–H groups in total. The van der Waals surface area contributed by atoms with Gasteiger partial charge in [-0.15, -0.1) is 0 Å². The van der Waals surface area contributed by atoms with Crippen LogP contribution in [0, 0.1) is 0 Å². The SMILES string of the molecule is Cn1c(C=O)c(CCBr)c2ccccc21. The molecule has 0 aliphatic carbocycles. The number of aldehydes is 1. The summed E-state index contributed by atoms with van der Waals surface area (Å²) in [5.41, 5.74) is 3.05. The molecule has 0 amide bonds. The maximum absolute atomic E-state index is 11.1. The molecule has 0 unspecified atom stereocenters. The molecule has 0 bridgehead atoms. The van der Waals surface area contributed by atoms with Crippen molar-refractivity contribution in [3.63, 3.8) is 0 Å². The van der Waals surface area contributed by atoms with Crippen molar-refractivity contribution in [3.8, 4) is 0 Å². The first-order valence-electron chi connectivity index (χ1n) is 4.87. The van der Waals surface area contributed by atoms with Gasteiger partial charge in [0.25, 0.3) is 0 Å². The molecule has 3 heteroatoms. The van der Waals surface area contributed by atoms with Crippen LogP contribution in [0.5, 0.6) is 0 Å². The highest BCUT2D eigenvalue weighted by atomic mass is 79.9. The van der Waals surface area contributed by atoms with Crippen LogP contribution >= 0.6 is 15.9 Å². The predicted octanol–water partition coefficient (Wildman–Crippen LogP) is 2.93. The summed E-state index contributed by atoms with van der Waals surface area (Å²) in [6, 6.07) is 8.11. The molecule has 0 radical (unpaired) electrons. The summed E-state index contributed by atoms with van der Waals surface area (Å²) >= 11 is 3.42. The first kappa shape index (κ1) is 10.4. The predicted molar refractivity (Wildman–Crippen MR) is 65.8 cm³/mol. The molecule has 0 aliphatic heterocycles. The summed E-state index contributed by atoms with van der Waals surface area (Å²) in [5.74, 6) is 0. The van der Waals surface area contributed by atoms with Gasteiger partial charge in [0.2, 0.25) is 0 Å². The van der Waals surface area contributed by atoms with Crippen molar-refractivity contribution >= 4 is 33.1 Å². The second-order valence-electron chi connectivity index (χ2n) is 3.50. The minimum atomic E-state index is 0.788. The minimum Gasteiger partial charge on any atom is -0.341 e. The van der Waals surface area contributed by atoms with Crippen molar-refractivity contribution in [2.75, 3.05) is 5.33 Å². The van der Waals surface area contributed by atoms with E-state index in [9.17, 15) is 4.79 Å². The Hall–Kier alpha value is -1.09. The molecular formula is C12H12BrNO. The number of nitrogens with zero attached hydrogens (tertiary/aromatic N) is 1. The van der Waals surface area contributed by atoms with Gasteiger partial charge in [-0.05, 0) is 18.1 Å². The highest BCUT2D eigenvalue weighted by Crippen LogP contribution is 2.24. The van der Waals surface area contributed by atoms with Gasteiger partial charge in [-0.2, -0.15) is 0 Å². The van der Waals surface area contributed by atoms with E-state index in [0.717, 1.165) is 34.8 Å². The lowest BCUT2D eigenvalue weighted by atomic mass is 10.1. The summed E-state index contributed by atoms with van der Waals surface area (Å²) in [6.45, 7) is 0. The van der Waals surface area contributed by atoms with Crippen LogP contribution in [-0.2, 0) is 13.5 Å². The lowest BCUT2D eigenvalue weighted by Gasteiger charge is -1.97. The lowest BCUT2D eigenvalue weighted by Crippen LogP contribution is -1.97. The van der Waals surface area contributed by atoms with E-state index in [4.69, 9.17) is 0 Å². The summed E-state index contributed by atoms with van der Waals surface area (Å²) in [5, 5.41) is 2.06. The molecule has 0 spiro atoms. The van der Waals surface area contributed by atoms with Crippen LogP contribution in [0.4, 0.5) is 0 Å². The number of halogens is 1. The van der Waals surface area contributed by atoms with Gasteiger partial charge >= 0.3 is 0 Å². The van der Waals surface area contributed by atoms with Crippen molar-refractivity contribution in [1.82, 2.24) is 4.57 Å². The number of hydrogen-bond acceptors (Lipinski definition) is 1. The number of alkyl halides is 1. The molecule has 15 heavy (non-hydrogen) atoms. The Labute approximate surface area is 97.0 Å². The van der Waals surface area contributed by atoms with Crippen molar-refractivity contribution in [2.45, 2.75) is 6.42 Å². The molecule has 78 valence electrons. The van der Waals surface area contributed by atoms with Crippen LogP contribution in [0.15, 0.2) is 24.3 Å². The number of benzene rings is 1. The molecule has 2 rings (SSSR count). The van der Waals surface area contributed by atoms with E-state index in [2.05, 4.69) is 22.0 Å². The zero-order chi connectivity index (χ0) is 10.8. The molecule has 0 fully saturated rings. The largest absolute Gasteiger partial charge is 0.341 e. The first-order valence-corrected chi connectivity index (χ1v) is 5.99. The number of rotatable bonds is 3. The second-order valence-corrected chi connectivity index (χ2v) is 4.29. The van der Waals surface area contributed by atoms with Crippen LogP contribution in [0.3, 0.4) is 0 Å². The van der Waals surface area contributed by atoms with Gasteiger partial charge in [0.15, 0.2) is 6.29 Å². The average Bonchev–Trinajstić information content (AvgIpc) is 2.54. The van der Waals surface area contributed by atoms with E-state index in [1.54, 1.807) is 0 Å². The normalized spacial score (nSPS) is 10.8. The standard InChI is InChI=1S/C12H12BrNO/c1-14-11-5-3-2-4-9(11)10(6-7-13)12(14)8-15/h2-5,8H,6-7H2,1H3. The molecule has 2 nitrogen and oxygen atoms in total. The van der Waals surface area contributed by atoms with Gasteiger partial charge in [0, 0.05) is 23.3 Å². The van der Waals surface area contributed by atoms with Crippen LogP contribution < -0.4 is 0 Å². The maximum Gasteiger partial charge on any atom is 0.166 e. The topological polar surface area (TPSA) is 22.0 Å². The average molecular weight is 266 g/mol. The number of hydrogen-bond donors (Lipinski definition) is 0. The lowest BCUT2D eigenvalue weighted by molar-refractivity contribution is 0.111.